The van der Waals surface area contributed by atoms with Gasteiger partial charge < -0.3 is 15.6 Å². The number of carbonyl (C=O) groups excluding carboxylic acids is 1. The number of H-pyrrole nitrogens is 1. The topological polar surface area (TPSA) is 101 Å². The zero-order chi connectivity index (χ0) is 21.8. The van der Waals surface area contributed by atoms with Crippen molar-refractivity contribution in [2.75, 3.05) is 5.32 Å². The van der Waals surface area contributed by atoms with Crippen LogP contribution in [0.1, 0.15) is 17.4 Å². The molecule has 8 nitrogen and oxygen atoms in total. The van der Waals surface area contributed by atoms with Crippen molar-refractivity contribution >= 4 is 22.8 Å². The second kappa shape index (κ2) is 8.73. The van der Waals surface area contributed by atoms with Crippen LogP contribution < -0.4 is 10.6 Å². The predicted molar refractivity (Wildman–Crippen MR) is 122 cm³/mol. The van der Waals surface area contributed by atoms with Crippen molar-refractivity contribution in [2.45, 2.75) is 12.5 Å². The molecule has 2 amide bonds. The van der Waals surface area contributed by atoms with E-state index < -0.39 is 0 Å². The van der Waals surface area contributed by atoms with Gasteiger partial charge in [-0.2, -0.15) is 5.10 Å². The molecule has 0 spiro atoms. The van der Waals surface area contributed by atoms with Gasteiger partial charge in [0.1, 0.15) is 5.82 Å². The molecule has 1 unspecified atom stereocenters. The number of imidazole rings is 1. The van der Waals surface area contributed by atoms with Gasteiger partial charge in [0.2, 0.25) is 0 Å². The van der Waals surface area contributed by atoms with Crippen LogP contribution in [0.2, 0.25) is 0 Å². The molecule has 5 rings (SSSR count). The number of hydrogen-bond donors (Lipinski definition) is 3. The van der Waals surface area contributed by atoms with E-state index in [0.29, 0.717) is 23.8 Å². The number of fused-ring (bicyclic) bond motifs is 1. The van der Waals surface area contributed by atoms with Crippen molar-refractivity contribution in [3.05, 3.63) is 103 Å². The fraction of sp³-hybridized carbons (Fsp3) is 0.0833. The number of anilines is 1. The Hall–Kier alpha value is -4.46. The Balaban J connectivity index is 1.41. The Kier molecular flexibility index (Phi) is 5.32. The molecule has 2 aromatic carbocycles. The molecule has 0 bridgehead atoms. The summed E-state index contributed by atoms with van der Waals surface area (Å²) in [4.78, 5) is 25.4. The SMILES string of the molecule is O=C(Nc1cccnc1-n1cccn1)NC(Cc1ccccc1)c1nc2ccccc2[nH]1. The zero-order valence-corrected chi connectivity index (χ0v) is 17.1. The maximum atomic E-state index is 13.0. The molecular weight excluding hydrogens is 402 g/mol. The van der Waals surface area contributed by atoms with Gasteiger partial charge in [-0.3, -0.25) is 0 Å². The summed E-state index contributed by atoms with van der Waals surface area (Å²) in [6.45, 7) is 0. The summed E-state index contributed by atoms with van der Waals surface area (Å²) in [7, 11) is 0. The van der Waals surface area contributed by atoms with Crippen LogP contribution in [0.15, 0.2) is 91.4 Å². The first-order chi connectivity index (χ1) is 15.8. The van der Waals surface area contributed by atoms with Gasteiger partial charge in [0.15, 0.2) is 5.82 Å². The second-order valence-corrected chi connectivity index (χ2v) is 7.31. The lowest BCUT2D eigenvalue weighted by Crippen LogP contribution is -2.34. The van der Waals surface area contributed by atoms with Gasteiger partial charge in [0, 0.05) is 18.6 Å². The Labute approximate surface area is 184 Å². The standard InChI is InChI=1S/C24H21N7O/c32-24(29-20-12-6-13-25-23(20)31-15-7-14-26-31)30-21(16-17-8-2-1-3-9-17)22-27-18-10-4-5-11-19(18)28-22/h1-15,21H,16H2,(H,27,28)(H2,29,30,32). The van der Waals surface area contributed by atoms with Crippen LogP contribution in [0.5, 0.6) is 0 Å². The third kappa shape index (κ3) is 4.20. The number of nitrogens with one attached hydrogen (secondary N) is 3. The molecule has 3 heterocycles. The highest BCUT2D eigenvalue weighted by Crippen LogP contribution is 2.21. The minimum absolute atomic E-state index is 0.352. The zero-order valence-electron chi connectivity index (χ0n) is 17.1. The summed E-state index contributed by atoms with van der Waals surface area (Å²) in [5.41, 5.74) is 3.43. The van der Waals surface area contributed by atoms with Crippen LogP contribution in [0.4, 0.5) is 10.5 Å². The lowest BCUT2D eigenvalue weighted by Gasteiger charge is -2.18. The van der Waals surface area contributed by atoms with E-state index in [1.165, 1.54) is 0 Å². The molecule has 0 saturated heterocycles. The van der Waals surface area contributed by atoms with Crippen molar-refractivity contribution in [1.29, 1.82) is 0 Å². The summed E-state index contributed by atoms with van der Waals surface area (Å²) in [5, 5.41) is 10.2. The lowest BCUT2D eigenvalue weighted by molar-refractivity contribution is 0.248. The molecular formula is C24H21N7O. The van der Waals surface area contributed by atoms with Crippen molar-refractivity contribution in [3.8, 4) is 5.82 Å². The maximum Gasteiger partial charge on any atom is 0.319 e. The van der Waals surface area contributed by atoms with Crippen LogP contribution in [0.25, 0.3) is 16.9 Å². The van der Waals surface area contributed by atoms with Crippen LogP contribution >= 0.6 is 0 Å². The number of nitrogens with zero attached hydrogens (tertiary/aromatic N) is 4. The number of aromatic amines is 1. The maximum absolute atomic E-state index is 13.0. The third-order valence-electron chi connectivity index (χ3n) is 5.08. The smallest absolute Gasteiger partial charge is 0.319 e. The monoisotopic (exact) mass is 423 g/mol. The van der Waals surface area contributed by atoms with E-state index in [-0.39, 0.29) is 12.1 Å². The largest absolute Gasteiger partial charge is 0.340 e. The van der Waals surface area contributed by atoms with Gasteiger partial charge >= 0.3 is 6.03 Å². The average Bonchev–Trinajstić information content (AvgIpc) is 3.50. The van der Waals surface area contributed by atoms with Crippen LogP contribution in [0, 0.1) is 0 Å². The number of carbonyl (C=O) groups is 1. The first kappa shape index (κ1) is 19.5. The molecule has 158 valence electrons. The Morgan fingerprint density at radius 3 is 2.62 bits per heavy atom. The summed E-state index contributed by atoms with van der Waals surface area (Å²) in [6.07, 6.45) is 5.69. The fourth-order valence-corrected chi connectivity index (χ4v) is 3.59. The van der Waals surface area contributed by atoms with E-state index in [1.54, 1.807) is 41.5 Å². The molecule has 3 N–H and O–H groups in total. The van der Waals surface area contributed by atoms with E-state index in [0.717, 1.165) is 16.6 Å². The molecule has 32 heavy (non-hydrogen) atoms. The highest BCUT2D eigenvalue weighted by atomic mass is 16.2. The Bertz CT molecular complexity index is 1300. The van der Waals surface area contributed by atoms with Gasteiger partial charge in [0.05, 0.1) is 22.8 Å². The molecule has 5 aromatic rings. The van der Waals surface area contributed by atoms with E-state index in [4.69, 9.17) is 4.98 Å². The molecule has 1 atom stereocenters. The fourth-order valence-electron chi connectivity index (χ4n) is 3.59. The molecule has 0 aliphatic carbocycles. The minimum atomic E-state index is -0.354. The summed E-state index contributed by atoms with van der Waals surface area (Å²) in [6, 6.07) is 22.5. The number of pyridine rings is 1. The van der Waals surface area contributed by atoms with Crippen molar-refractivity contribution in [2.24, 2.45) is 0 Å². The summed E-state index contributed by atoms with van der Waals surface area (Å²) < 4.78 is 1.61. The number of urea groups is 1. The van der Waals surface area contributed by atoms with Crippen molar-refractivity contribution in [3.63, 3.8) is 0 Å². The van der Waals surface area contributed by atoms with E-state index in [9.17, 15) is 4.79 Å². The molecule has 0 aliphatic rings. The van der Waals surface area contributed by atoms with Gasteiger partial charge in [-0.25, -0.2) is 19.4 Å². The van der Waals surface area contributed by atoms with Crippen molar-refractivity contribution < 1.29 is 4.79 Å². The molecule has 0 radical (unpaired) electrons. The average molecular weight is 423 g/mol. The quantitative estimate of drug-likeness (QED) is 0.380. The number of rotatable bonds is 6. The number of hydrogen-bond acceptors (Lipinski definition) is 4. The van der Waals surface area contributed by atoms with Crippen LogP contribution in [-0.4, -0.2) is 30.8 Å². The third-order valence-corrected chi connectivity index (χ3v) is 5.08. The highest BCUT2D eigenvalue weighted by molar-refractivity contribution is 5.91. The van der Waals surface area contributed by atoms with E-state index in [1.807, 2.05) is 54.6 Å². The number of aromatic nitrogens is 5. The van der Waals surface area contributed by atoms with Gasteiger partial charge in [-0.05, 0) is 42.3 Å². The normalized spacial score (nSPS) is 11.9. The second-order valence-electron chi connectivity index (χ2n) is 7.31. The van der Waals surface area contributed by atoms with E-state index in [2.05, 4.69) is 25.7 Å². The predicted octanol–water partition coefficient (Wildman–Crippen LogP) is 4.25. The molecule has 0 saturated carbocycles. The first-order valence-electron chi connectivity index (χ1n) is 10.3. The Morgan fingerprint density at radius 2 is 1.81 bits per heavy atom. The number of benzene rings is 2. The van der Waals surface area contributed by atoms with E-state index >= 15 is 0 Å². The first-order valence-corrected chi connectivity index (χ1v) is 10.3. The minimum Gasteiger partial charge on any atom is -0.340 e. The number of para-hydroxylation sites is 2. The molecule has 0 fully saturated rings. The molecule has 3 aromatic heterocycles. The van der Waals surface area contributed by atoms with Crippen LogP contribution in [-0.2, 0) is 6.42 Å². The van der Waals surface area contributed by atoms with Gasteiger partial charge in [0.25, 0.3) is 0 Å². The summed E-state index contributed by atoms with van der Waals surface area (Å²) >= 11 is 0. The van der Waals surface area contributed by atoms with Crippen LogP contribution in [0.3, 0.4) is 0 Å². The highest BCUT2D eigenvalue weighted by Gasteiger charge is 2.20. The summed E-state index contributed by atoms with van der Waals surface area (Å²) in [5.74, 6) is 1.24. The Morgan fingerprint density at radius 1 is 0.969 bits per heavy atom. The molecule has 8 heteroatoms. The number of amides is 2. The van der Waals surface area contributed by atoms with Gasteiger partial charge in [-0.1, -0.05) is 42.5 Å². The van der Waals surface area contributed by atoms with Crippen molar-refractivity contribution in [1.82, 2.24) is 30.0 Å². The molecule has 0 aliphatic heterocycles. The lowest BCUT2D eigenvalue weighted by atomic mass is 10.1. The van der Waals surface area contributed by atoms with Gasteiger partial charge in [-0.15, -0.1) is 0 Å².